The number of aryl methyl sites for hydroxylation is 2. The molecule has 0 unspecified atom stereocenters. The Balaban J connectivity index is 3.30. The third-order valence-corrected chi connectivity index (χ3v) is 1.94. The van der Waals surface area contributed by atoms with Crippen LogP contribution in [0.25, 0.3) is 0 Å². The Hall–Kier alpha value is -1.25. The Morgan fingerprint density at radius 2 is 2.17 bits per heavy atom. The van der Waals surface area contributed by atoms with E-state index in [2.05, 4.69) is 0 Å². The van der Waals surface area contributed by atoms with E-state index in [-0.39, 0.29) is 11.3 Å². The number of aromatic nitrogens is 1. The van der Waals surface area contributed by atoms with Gasteiger partial charge in [0, 0.05) is 18.3 Å². The molecule has 0 aliphatic heterocycles. The average Bonchev–Trinajstić information content (AvgIpc) is 2.10. The maximum Gasteiger partial charge on any atom is 0.292 e. The van der Waals surface area contributed by atoms with Gasteiger partial charge in [0.2, 0.25) is 0 Å². The molecule has 0 bridgehead atoms. The van der Waals surface area contributed by atoms with E-state index in [1.54, 1.807) is 12.3 Å². The second-order valence-electron chi connectivity index (χ2n) is 2.63. The minimum atomic E-state index is -0.295. The molecule has 0 saturated heterocycles. The minimum Gasteiger partial charge on any atom is -0.503 e. The van der Waals surface area contributed by atoms with E-state index in [4.69, 9.17) is 0 Å². The van der Waals surface area contributed by atoms with Gasteiger partial charge in [0.15, 0.2) is 5.75 Å². The van der Waals surface area contributed by atoms with Gasteiger partial charge in [-0.05, 0) is 19.4 Å². The maximum absolute atomic E-state index is 11.3. The molecular formula is C9H13NO2. The van der Waals surface area contributed by atoms with Crippen molar-refractivity contribution < 1.29 is 5.11 Å². The Kier molecular flexibility index (Phi) is 2.53. The van der Waals surface area contributed by atoms with Crippen molar-refractivity contribution in [2.45, 2.75) is 26.8 Å². The normalized spacial score (nSPS) is 10.2. The van der Waals surface area contributed by atoms with Crippen LogP contribution in [-0.4, -0.2) is 9.67 Å². The Labute approximate surface area is 71.3 Å². The summed E-state index contributed by atoms with van der Waals surface area (Å²) >= 11 is 0. The molecule has 1 aromatic heterocycles. The highest BCUT2D eigenvalue weighted by Crippen LogP contribution is 2.10. The fourth-order valence-electron chi connectivity index (χ4n) is 1.13. The quantitative estimate of drug-likeness (QED) is 0.717. The molecular weight excluding hydrogens is 154 g/mol. The topological polar surface area (TPSA) is 42.2 Å². The second kappa shape index (κ2) is 3.43. The van der Waals surface area contributed by atoms with Crippen LogP contribution < -0.4 is 5.56 Å². The van der Waals surface area contributed by atoms with Gasteiger partial charge >= 0.3 is 0 Å². The van der Waals surface area contributed by atoms with Gasteiger partial charge in [-0.15, -0.1) is 0 Å². The molecule has 0 fully saturated rings. The first kappa shape index (κ1) is 8.84. The van der Waals surface area contributed by atoms with E-state index in [0.29, 0.717) is 18.5 Å². The third-order valence-electron chi connectivity index (χ3n) is 1.94. The number of hydrogen-bond acceptors (Lipinski definition) is 2. The molecule has 66 valence electrons. The maximum atomic E-state index is 11.3. The highest BCUT2D eigenvalue weighted by molar-refractivity contribution is 5.28. The summed E-state index contributed by atoms with van der Waals surface area (Å²) in [5.74, 6) is -0.109. The molecule has 0 radical (unpaired) electrons. The molecule has 0 atom stereocenters. The van der Waals surface area contributed by atoms with E-state index < -0.39 is 0 Å². The van der Waals surface area contributed by atoms with Gasteiger partial charge in [0.25, 0.3) is 5.56 Å². The fourth-order valence-corrected chi connectivity index (χ4v) is 1.13. The average molecular weight is 167 g/mol. The number of rotatable bonds is 2. The lowest BCUT2D eigenvalue weighted by atomic mass is 10.2. The van der Waals surface area contributed by atoms with Crippen LogP contribution >= 0.6 is 0 Å². The zero-order valence-electron chi connectivity index (χ0n) is 7.37. The van der Waals surface area contributed by atoms with Crippen LogP contribution in [0.2, 0.25) is 0 Å². The Bertz CT molecular complexity index is 328. The van der Waals surface area contributed by atoms with E-state index in [9.17, 15) is 9.90 Å². The Morgan fingerprint density at radius 3 is 2.67 bits per heavy atom. The van der Waals surface area contributed by atoms with Crippen molar-refractivity contribution in [3.63, 3.8) is 0 Å². The molecule has 0 aromatic carbocycles. The largest absolute Gasteiger partial charge is 0.503 e. The molecule has 12 heavy (non-hydrogen) atoms. The van der Waals surface area contributed by atoms with Crippen LogP contribution in [0.1, 0.15) is 19.4 Å². The van der Waals surface area contributed by atoms with Crippen LogP contribution in [0.15, 0.2) is 17.1 Å². The number of pyridine rings is 1. The van der Waals surface area contributed by atoms with Gasteiger partial charge in [-0.3, -0.25) is 4.79 Å². The predicted molar refractivity (Wildman–Crippen MR) is 47.4 cm³/mol. The van der Waals surface area contributed by atoms with Crippen LogP contribution in [0.3, 0.4) is 0 Å². The number of nitrogens with zero attached hydrogens (tertiary/aromatic N) is 1. The van der Waals surface area contributed by atoms with Gasteiger partial charge in [-0.1, -0.05) is 6.92 Å². The van der Waals surface area contributed by atoms with Gasteiger partial charge in [-0.25, -0.2) is 0 Å². The van der Waals surface area contributed by atoms with Crippen molar-refractivity contribution in [3.05, 3.63) is 28.2 Å². The van der Waals surface area contributed by atoms with Gasteiger partial charge in [0.1, 0.15) is 0 Å². The van der Waals surface area contributed by atoms with Crippen molar-refractivity contribution in [3.8, 4) is 5.75 Å². The zero-order valence-corrected chi connectivity index (χ0v) is 7.37. The molecule has 0 saturated carbocycles. The fraction of sp³-hybridized carbons (Fsp3) is 0.444. The Morgan fingerprint density at radius 1 is 1.50 bits per heavy atom. The number of hydrogen-bond donors (Lipinski definition) is 1. The summed E-state index contributed by atoms with van der Waals surface area (Å²) in [6.07, 6.45) is 2.40. The molecule has 1 rings (SSSR count). The van der Waals surface area contributed by atoms with Crippen LogP contribution in [0.5, 0.6) is 5.75 Å². The summed E-state index contributed by atoms with van der Waals surface area (Å²) in [6.45, 7) is 4.37. The third kappa shape index (κ3) is 1.35. The molecule has 0 spiro atoms. The minimum absolute atomic E-state index is 0.109. The summed E-state index contributed by atoms with van der Waals surface area (Å²) in [6, 6.07) is 1.78. The number of aromatic hydroxyl groups is 1. The lowest BCUT2D eigenvalue weighted by Gasteiger charge is -2.04. The standard InChI is InChI=1S/C9H13NO2/c1-3-7-5-6-10(4-2)9(12)8(7)11/h5-6,11H,3-4H2,1-2H3. The van der Waals surface area contributed by atoms with Crippen LogP contribution in [0.4, 0.5) is 0 Å². The second-order valence-corrected chi connectivity index (χ2v) is 2.63. The first-order valence-corrected chi connectivity index (χ1v) is 4.12. The highest BCUT2D eigenvalue weighted by Gasteiger charge is 2.04. The lowest BCUT2D eigenvalue weighted by molar-refractivity contribution is 0.451. The highest BCUT2D eigenvalue weighted by atomic mass is 16.3. The molecule has 0 aliphatic carbocycles. The van der Waals surface area contributed by atoms with Crippen molar-refractivity contribution in [2.75, 3.05) is 0 Å². The summed E-state index contributed by atoms with van der Waals surface area (Å²) < 4.78 is 1.48. The molecule has 1 N–H and O–H groups in total. The zero-order chi connectivity index (χ0) is 9.14. The van der Waals surface area contributed by atoms with Crippen molar-refractivity contribution in [1.82, 2.24) is 4.57 Å². The van der Waals surface area contributed by atoms with Gasteiger partial charge in [0.05, 0.1) is 0 Å². The van der Waals surface area contributed by atoms with Gasteiger partial charge in [-0.2, -0.15) is 0 Å². The molecule has 1 heterocycles. The van der Waals surface area contributed by atoms with Crippen molar-refractivity contribution >= 4 is 0 Å². The SMILES string of the molecule is CCc1ccn(CC)c(=O)c1O. The lowest BCUT2D eigenvalue weighted by Crippen LogP contribution is -2.18. The summed E-state index contributed by atoms with van der Waals surface area (Å²) in [5, 5.41) is 9.38. The predicted octanol–water partition coefficient (Wildman–Crippen LogP) is 1.14. The van der Waals surface area contributed by atoms with E-state index in [1.807, 2.05) is 13.8 Å². The molecule has 3 heteroatoms. The van der Waals surface area contributed by atoms with Crippen LogP contribution in [-0.2, 0) is 13.0 Å². The van der Waals surface area contributed by atoms with Gasteiger partial charge < -0.3 is 9.67 Å². The molecule has 1 aromatic rings. The monoisotopic (exact) mass is 167 g/mol. The van der Waals surface area contributed by atoms with E-state index in [0.717, 1.165) is 0 Å². The molecule has 0 amide bonds. The molecule has 3 nitrogen and oxygen atoms in total. The summed E-state index contributed by atoms with van der Waals surface area (Å²) in [5.41, 5.74) is 0.418. The van der Waals surface area contributed by atoms with Crippen molar-refractivity contribution in [2.24, 2.45) is 0 Å². The summed E-state index contributed by atoms with van der Waals surface area (Å²) in [4.78, 5) is 11.3. The first-order chi connectivity index (χ1) is 5.70. The first-order valence-electron chi connectivity index (χ1n) is 4.12. The van der Waals surface area contributed by atoms with E-state index in [1.165, 1.54) is 4.57 Å². The smallest absolute Gasteiger partial charge is 0.292 e. The molecule has 0 aliphatic rings. The van der Waals surface area contributed by atoms with Crippen molar-refractivity contribution in [1.29, 1.82) is 0 Å². The summed E-state index contributed by atoms with van der Waals surface area (Å²) in [7, 11) is 0. The van der Waals surface area contributed by atoms with E-state index >= 15 is 0 Å². The van der Waals surface area contributed by atoms with Crippen LogP contribution in [0, 0.1) is 0 Å².